The van der Waals surface area contributed by atoms with Crippen LogP contribution in [0.15, 0.2) is 60.9 Å². The van der Waals surface area contributed by atoms with Gasteiger partial charge < -0.3 is 0 Å². The summed E-state index contributed by atoms with van der Waals surface area (Å²) < 4.78 is 52.8. The molecule has 144 valence electrons. The van der Waals surface area contributed by atoms with E-state index in [0.717, 1.165) is 17.8 Å². The molecule has 28 heavy (non-hydrogen) atoms. The monoisotopic (exact) mass is 388 g/mol. The van der Waals surface area contributed by atoms with Crippen molar-refractivity contribution in [3.63, 3.8) is 0 Å². The zero-order valence-electron chi connectivity index (χ0n) is 14.9. The van der Waals surface area contributed by atoms with E-state index in [9.17, 15) is 22.4 Å². The highest BCUT2D eigenvalue weighted by molar-refractivity contribution is 5.96. The summed E-state index contributed by atoms with van der Waals surface area (Å²) in [7, 11) is 0. The van der Waals surface area contributed by atoms with Crippen molar-refractivity contribution >= 4 is 5.78 Å². The summed E-state index contributed by atoms with van der Waals surface area (Å²) in [5.41, 5.74) is 0.658. The van der Waals surface area contributed by atoms with Crippen molar-refractivity contribution < 1.29 is 22.4 Å². The van der Waals surface area contributed by atoms with E-state index >= 15 is 0 Å². The van der Waals surface area contributed by atoms with Gasteiger partial charge in [-0.05, 0) is 48.9 Å². The molecule has 1 aromatic carbocycles. The number of aromatic nitrogens is 2. The number of Topliss-reactive ketones (excluding diaryl/α,β-unsaturated/α-hetero) is 1. The predicted octanol–water partition coefficient (Wildman–Crippen LogP) is 5.35. The Labute approximate surface area is 159 Å². The minimum Gasteiger partial charge on any atom is -0.294 e. The highest BCUT2D eigenvalue weighted by atomic mass is 19.4. The number of benzene rings is 1. The first-order valence-corrected chi connectivity index (χ1v) is 8.49. The molecule has 1 atom stereocenters. The molecule has 0 aliphatic rings. The van der Waals surface area contributed by atoms with Gasteiger partial charge in [-0.15, -0.1) is 0 Å². The molecule has 0 saturated heterocycles. The SMILES string of the molecule is Cc1ccc(C(=O)C[C@@H](c2ccc(C(F)(F)F)cc2)c2ncccc2F)cn1. The molecular formula is C21H16F4N2O. The number of alkyl halides is 3. The Kier molecular flexibility index (Phi) is 5.53. The van der Waals surface area contributed by atoms with Crippen molar-refractivity contribution in [3.8, 4) is 0 Å². The Hall–Kier alpha value is -3.09. The third-order valence-electron chi connectivity index (χ3n) is 4.38. The third-order valence-corrected chi connectivity index (χ3v) is 4.38. The molecule has 0 spiro atoms. The summed E-state index contributed by atoms with van der Waals surface area (Å²) in [5, 5.41) is 0. The molecule has 2 aromatic heterocycles. The predicted molar refractivity (Wildman–Crippen MR) is 95.4 cm³/mol. The summed E-state index contributed by atoms with van der Waals surface area (Å²) >= 11 is 0. The van der Waals surface area contributed by atoms with E-state index in [4.69, 9.17) is 0 Å². The number of carbonyl (C=O) groups is 1. The topological polar surface area (TPSA) is 42.9 Å². The lowest BCUT2D eigenvalue weighted by atomic mass is 9.88. The van der Waals surface area contributed by atoms with Gasteiger partial charge in [-0.25, -0.2) is 4.39 Å². The van der Waals surface area contributed by atoms with Crippen molar-refractivity contribution in [3.05, 3.63) is 94.8 Å². The number of rotatable bonds is 5. The van der Waals surface area contributed by atoms with E-state index < -0.39 is 23.5 Å². The van der Waals surface area contributed by atoms with Crippen LogP contribution >= 0.6 is 0 Å². The van der Waals surface area contributed by atoms with Gasteiger partial charge in [-0.2, -0.15) is 13.2 Å². The Balaban J connectivity index is 1.97. The molecule has 3 rings (SSSR count). The van der Waals surface area contributed by atoms with Gasteiger partial charge in [0, 0.05) is 36.0 Å². The maximum absolute atomic E-state index is 14.3. The highest BCUT2D eigenvalue weighted by Crippen LogP contribution is 2.33. The average Bonchev–Trinajstić information content (AvgIpc) is 2.66. The summed E-state index contributed by atoms with van der Waals surface area (Å²) in [5.74, 6) is -1.75. The fourth-order valence-electron chi connectivity index (χ4n) is 2.87. The van der Waals surface area contributed by atoms with E-state index in [1.54, 1.807) is 19.1 Å². The lowest BCUT2D eigenvalue weighted by molar-refractivity contribution is -0.137. The van der Waals surface area contributed by atoms with E-state index in [2.05, 4.69) is 9.97 Å². The van der Waals surface area contributed by atoms with Crippen LogP contribution in [-0.4, -0.2) is 15.8 Å². The minimum absolute atomic E-state index is 0.00989. The Bertz CT molecular complexity index is 967. The Morgan fingerprint density at radius 2 is 1.75 bits per heavy atom. The summed E-state index contributed by atoms with van der Waals surface area (Å²) in [6.07, 6.45) is -1.82. The van der Waals surface area contributed by atoms with Crippen LogP contribution in [0, 0.1) is 12.7 Å². The van der Waals surface area contributed by atoms with Crippen LogP contribution in [0.3, 0.4) is 0 Å². The highest BCUT2D eigenvalue weighted by Gasteiger charge is 2.31. The van der Waals surface area contributed by atoms with E-state index in [0.29, 0.717) is 11.1 Å². The first-order valence-electron chi connectivity index (χ1n) is 8.49. The van der Waals surface area contributed by atoms with Crippen LogP contribution in [0.1, 0.15) is 45.2 Å². The summed E-state index contributed by atoms with van der Waals surface area (Å²) in [6, 6.07) is 10.3. The number of hydrogen-bond donors (Lipinski definition) is 0. The van der Waals surface area contributed by atoms with Gasteiger partial charge >= 0.3 is 6.18 Å². The van der Waals surface area contributed by atoms with Crippen molar-refractivity contribution in [2.75, 3.05) is 0 Å². The van der Waals surface area contributed by atoms with Crippen LogP contribution in [0.4, 0.5) is 17.6 Å². The molecule has 0 aliphatic carbocycles. The molecule has 7 heteroatoms. The smallest absolute Gasteiger partial charge is 0.294 e. The van der Waals surface area contributed by atoms with E-state index in [1.807, 2.05) is 0 Å². The first-order chi connectivity index (χ1) is 13.3. The van der Waals surface area contributed by atoms with Crippen molar-refractivity contribution in [2.45, 2.75) is 25.4 Å². The molecule has 3 aromatic rings. The normalized spacial score (nSPS) is 12.6. The minimum atomic E-state index is -4.48. The number of aryl methyl sites for hydroxylation is 1. The molecule has 0 amide bonds. The zero-order valence-corrected chi connectivity index (χ0v) is 14.9. The van der Waals surface area contributed by atoms with Crippen LogP contribution in [0.25, 0.3) is 0 Å². The summed E-state index contributed by atoms with van der Waals surface area (Å²) in [6.45, 7) is 1.78. The maximum atomic E-state index is 14.3. The van der Waals surface area contributed by atoms with Gasteiger partial charge in [0.15, 0.2) is 5.78 Å². The fraction of sp³-hybridized carbons (Fsp3) is 0.190. The number of hydrogen-bond acceptors (Lipinski definition) is 3. The van der Waals surface area contributed by atoms with Crippen molar-refractivity contribution in [1.29, 1.82) is 0 Å². The van der Waals surface area contributed by atoms with Gasteiger partial charge in [-0.1, -0.05) is 12.1 Å². The quantitative estimate of drug-likeness (QED) is 0.437. The van der Waals surface area contributed by atoms with E-state index in [1.165, 1.54) is 36.7 Å². The number of halogens is 4. The second-order valence-corrected chi connectivity index (χ2v) is 6.36. The second-order valence-electron chi connectivity index (χ2n) is 6.36. The molecule has 0 radical (unpaired) electrons. The van der Waals surface area contributed by atoms with Gasteiger partial charge in [-0.3, -0.25) is 14.8 Å². The Morgan fingerprint density at radius 1 is 1.04 bits per heavy atom. The second kappa shape index (κ2) is 7.88. The van der Waals surface area contributed by atoms with Crippen LogP contribution < -0.4 is 0 Å². The number of pyridine rings is 2. The number of nitrogens with zero attached hydrogens (tertiary/aromatic N) is 2. The molecule has 0 fully saturated rings. The van der Waals surface area contributed by atoms with Crippen molar-refractivity contribution in [1.82, 2.24) is 9.97 Å². The molecule has 0 aliphatic heterocycles. The molecule has 3 nitrogen and oxygen atoms in total. The molecule has 2 heterocycles. The summed E-state index contributed by atoms with van der Waals surface area (Å²) in [4.78, 5) is 20.8. The van der Waals surface area contributed by atoms with Crippen molar-refractivity contribution in [2.24, 2.45) is 0 Å². The Morgan fingerprint density at radius 3 is 2.32 bits per heavy atom. The lowest BCUT2D eigenvalue weighted by Gasteiger charge is -2.18. The van der Waals surface area contributed by atoms with Gasteiger partial charge in [0.2, 0.25) is 0 Å². The fourth-order valence-corrected chi connectivity index (χ4v) is 2.87. The lowest BCUT2D eigenvalue weighted by Crippen LogP contribution is -2.13. The van der Waals surface area contributed by atoms with Gasteiger partial charge in [0.25, 0.3) is 0 Å². The van der Waals surface area contributed by atoms with Crippen LogP contribution in [0.5, 0.6) is 0 Å². The van der Waals surface area contributed by atoms with Crippen LogP contribution in [0.2, 0.25) is 0 Å². The zero-order chi connectivity index (χ0) is 20.3. The van der Waals surface area contributed by atoms with Gasteiger partial charge in [0.05, 0.1) is 11.3 Å². The molecular weight excluding hydrogens is 372 g/mol. The third kappa shape index (κ3) is 4.42. The maximum Gasteiger partial charge on any atom is 0.416 e. The van der Waals surface area contributed by atoms with Gasteiger partial charge in [0.1, 0.15) is 5.82 Å². The standard InChI is InChI=1S/C21H16F4N2O/c1-13-4-5-15(12-27-13)19(28)11-17(20-18(22)3-2-10-26-20)14-6-8-16(9-7-14)21(23,24)25/h2-10,12,17H,11H2,1H3/t17-/m0/s1. The average molecular weight is 388 g/mol. The molecule has 0 N–H and O–H groups in total. The van der Waals surface area contributed by atoms with E-state index in [-0.39, 0.29) is 17.9 Å². The van der Waals surface area contributed by atoms with Crippen LogP contribution in [-0.2, 0) is 6.18 Å². The molecule has 0 unspecified atom stereocenters. The molecule has 0 bridgehead atoms. The number of ketones is 1. The number of carbonyl (C=O) groups excluding carboxylic acids is 1. The first kappa shape index (κ1) is 19.7. The molecule has 0 saturated carbocycles. The largest absolute Gasteiger partial charge is 0.416 e.